The Hall–Kier alpha value is -1.07. The number of carbonyl (C=O) groups excluding carboxylic acids is 2. The van der Waals surface area contributed by atoms with Crippen LogP contribution in [0.3, 0.4) is 0 Å². The summed E-state index contributed by atoms with van der Waals surface area (Å²) in [7, 11) is 2.19. The molecule has 1 aliphatic rings. The third kappa shape index (κ3) is 3.21. The standard InChI is InChI=1S/C8H13B2NO4/c1-11-4-6(7(12)5-11)8(13)15-10(14)3-2-9/h2-3,6,14H,4-5,9H2,1H3/b3-2+. The Balaban J connectivity index is 2.50. The first-order valence-corrected chi connectivity index (χ1v) is 4.77. The van der Waals surface area contributed by atoms with Crippen molar-refractivity contribution in [2.45, 2.75) is 0 Å². The van der Waals surface area contributed by atoms with Crippen molar-refractivity contribution in [3.8, 4) is 0 Å². The fraction of sp³-hybridized carbons (Fsp3) is 0.500. The van der Waals surface area contributed by atoms with E-state index in [-0.39, 0.29) is 12.3 Å². The van der Waals surface area contributed by atoms with Crippen molar-refractivity contribution in [1.29, 1.82) is 0 Å². The van der Waals surface area contributed by atoms with Gasteiger partial charge in [0.25, 0.3) is 0 Å². The Kier molecular flexibility index (Phi) is 4.11. The normalized spacial score (nSPS) is 22.3. The van der Waals surface area contributed by atoms with Crippen LogP contribution < -0.4 is 0 Å². The number of hydrogen-bond donors (Lipinski definition) is 1. The number of likely N-dealkylation sites (tertiary alicyclic amines) is 1. The van der Waals surface area contributed by atoms with Gasteiger partial charge in [-0.1, -0.05) is 5.98 Å². The summed E-state index contributed by atoms with van der Waals surface area (Å²) in [5.41, 5.74) is 0. The lowest BCUT2D eigenvalue weighted by atomic mass is 9.87. The highest BCUT2D eigenvalue weighted by molar-refractivity contribution is 6.52. The lowest BCUT2D eigenvalue weighted by Gasteiger charge is -2.09. The molecule has 5 nitrogen and oxygen atoms in total. The average Bonchev–Trinajstić information content (AvgIpc) is 2.45. The van der Waals surface area contributed by atoms with E-state index in [9.17, 15) is 14.6 Å². The molecule has 0 radical (unpaired) electrons. The van der Waals surface area contributed by atoms with Crippen LogP contribution in [0, 0.1) is 5.92 Å². The van der Waals surface area contributed by atoms with Gasteiger partial charge in [0.05, 0.1) is 6.54 Å². The highest BCUT2D eigenvalue weighted by Crippen LogP contribution is 2.12. The lowest BCUT2D eigenvalue weighted by molar-refractivity contribution is -0.142. The maximum atomic E-state index is 11.4. The van der Waals surface area contributed by atoms with Gasteiger partial charge in [0.15, 0.2) is 5.78 Å². The first-order chi connectivity index (χ1) is 7.04. The van der Waals surface area contributed by atoms with Crippen LogP contribution in [0.5, 0.6) is 0 Å². The van der Waals surface area contributed by atoms with E-state index in [0.717, 1.165) is 0 Å². The molecule has 0 aromatic heterocycles. The molecule has 1 unspecified atom stereocenters. The summed E-state index contributed by atoms with van der Waals surface area (Å²) >= 11 is 0. The van der Waals surface area contributed by atoms with Gasteiger partial charge < -0.3 is 9.68 Å². The fourth-order valence-electron chi connectivity index (χ4n) is 1.47. The van der Waals surface area contributed by atoms with Gasteiger partial charge in [0, 0.05) is 6.54 Å². The third-order valence-electron chi connectivity index (χ3n) is 2.19. The van der Waals surface area contributed by atoms with Crippen LogP contribution in [-0.2, 0) is 14.2 Å². The molecule has 0 aliphatic carbocycles. The zero-order valence-electron chi connectivity index (χ0n) is 8.84. The zero-order valence-corrected chi connectivity index (χ0v) is 8.84. The molecule has 1 fully saturated rings. The monoisotopic (exact) mass is 209 g/mol. The van der Waals surface area contributed by atoms with Gasteiger partial charge in [0.2, 0.25) is 0 Å². The van der Waals surface area contributed by atoms with E-state index in [1.54, 1.807) is 25.8 Å². The van der Waals surface area contributed by atoms with Crippen molar-refractivity contribution in [3.05, 3.63) is 12.0 Å². The number of ketones is 1. The minimum absolute atomic E-state index is 0.157. The van der Waals surface area contributed by atoms with Gasteiger partial charge in [-0.15, -0.1) is 5.98 Å². The largest absolute Gasteiger partial charge is 0.553 e. The molecule has 0 aromatic rings. The van der Waals surface area contributed by atoms with Crippen molar-refractivity contribution < 1.29 is 19.3 Å². The van der Waals surface area contributed by atoms with Crippen LogP contribution in [0.1, 0.15) is 0 Å². The van der Waals surface area contributed by atoms with Crippen molar-refractivity contribution in [2.75, 3.05) is 20.1 Å². The predicted octanol–water partition coefficient (Wildman–Crippen LogP) is -2.17. The Morgan fingerprint density at radius 1 is 1.80 bits per heavy atom. The maximum Gasteiger partial charge on any atom is 0.553 e. The second kappa shape index (κ2) is 5.14. The molecule has 0 aromatic carbocycles. The van der Waals surface area contributed by atoms with Crippen molar-refractivity contribution in [3.63, 3.8) is 0 Å². The molecule has 1 atom stereocenters. The smallest absolute Gasteiger partial charge is 0.506 e. The number of carbonyl (C=O) groups is 2. The Bertz CT molecular complexity index is 294. The fourth-order valence-corrected chi connectivity index (χ4v) is 1.47. The molecular formula is C8H13B2NO4. The molecular weight excluding hydrogens is 196 g/mol. The third-order valence-corrected chi connectivity index (χ3v) is 2.19. The van der Waals surface area contributed by atoms with E-state index in [1.165, 1.54) is 5.98 Å². The molecule has 1 heterocycles. The van der Waals surface area contributed by atoms with E-state index < -0.39 is 19.0 Å². The van der Waals surface area contributed by atoms with E-state index in [0.29, 0.717) is 6.54 Å². The van der Waals surface area contributed by atoms with Crippen LogP contribution >= 0.6 is 0 Å². The highest BCUT2D eigenvalue weighted by atomic mass is 16.6. The molecule has 0 amide bonds. The Morgan fingerprint density at radius 2 is 2.47 bits per heavy atom. The minimum atomic E-state index is -1.26. The van der Waals surface area contributed by atoms with Crippen LogP contribution in [0.15, 0.2) is 12.0 Å². The molecule has 0 spiro atoms. The first-order valence-electron chi connectivity index (χ1n) is 4.77. The SMILES string of the molecule is B/C=C/B(O)OC(=O)C1CN(C)CC1=O. The van der Waals surface area contributed by atoms with Crippen LogP contribution in [0.25, 0.3) is 0 Å². The number of likely N-dealkylation sites (N-methyl/N-ethyl adjacent to an activating group) is 1. The van der Waals surface area contributed by atoms with Gasteiger partial charge in [-0.05, 0) is 7.05 Å². The van der Waals surface area contributed by atoms with E-state index >= 15 is 0 Å². The molecule has 1 aliphatic heterocycles. The summed E-state index contributed by atoms with van der Waals surface area (Å²) in [6, 6.07) is 0. The molecule has 1 saturated heterocycles. The number of rotatable bonds is 3. The quantitative estimate of drug-likeness (QED) is 0.423. The molecule has 1 N–H and O–H groups in total. The van der Waals surface area contributed by atoms with Crippen LogP contribution in [0.2, 0.25) is 0 Å². The summed E-state index contributed by atoms with van der Waals surface area (Å²) in [6.45, 7) is 0.625. The number of Topliss-reactive ketones (excluding diaryl/α,β-unsaturated/α-hetero) is 1. The van der Waals surface area contributed by atoms with Gasteiger partial charge in [-0.2, -0.15) is 0 Å². The molecule has 7 heteroatoms. The highest BCUT2D eigenvalue weighted by Gasteiger charge is 2.36. The lowest BCUT2D eigenvalue weighted by Crippen LogP contribution is -2.30. The summed E-state index contributed by atoms with van der Waals surface area (Å²) in [4.78, 5) is 24.5. The summed E-state index contributed by atoms with van der Waals surface area (Å²) in [5, 5.41) is 9.18. The van der Waals surface area contributed by atoms with Gasteiger partial charge in [0.1, 0.15) is 13.8 Å². The Labute approximate surface area is 89.6 Å². The van der Waals surface area contributed by atoms with Crippen molar-refractivity contribution >= 4 is 26.7 Å². The molecule has 15 heavy (non-hydrogen) atoms. The molecule has 0 saturated carbocycles. The van der Waals surface area contributed by atoms with Gasteiger partial charge >= 0.3 is 13.1 Å². The van der Waals surface area contributed by atoms with Gasteiger partial charge in [-0.25, -0.2) is 0 Å². The molecule has 80 valence electrons. The predicted molar refractivity (Wildman–Crippen MR) is 57.7 cm³/mol. The summed E-state index contributed by atoms with van der Waals surface area (Å²) < 4.78 is 4.68. The second-order valence-electron chi connectivity index (χ2n) is 3.57. The van der Waals surface area contributed by atoms with E-state index in [1.807, 2.05) is 0 Å². The zero-order chi connectivity index (χ0) is 11.4. The van der Waals surface area contributed by atoms with Crippen LogP contribution in [0.4, 0.5) is 0 Å². The Morgan fingerprint density at radius 3 is 2.93 bits per heavy atom. The number of nitrogens with zero attached hydrogens (tertiary/aromatic N) is 1. The van der Waals surface area contributed by atoms with Crippen LogP contribution in [-0.4, -0.2) is 56.8 Å². The average molecular weight is 209 g/mol. The van der Waals surface area contributed by atoms with E-state index in [4.69, 9.17) is 0 Å². The summed E-state index contributed by atoms with van der Waals surface area (Å²) in [6.07, 6.45) is 0. The minimum Gasteiger partial charge on any atom is -0.506 e. The molecule has 0 bridgehead atoms. The number of hydrogen-bond acceptors (Lipinski definition) is 5. The maximum absolute atomic E-state index is 11.4. The first kappa shape index (κ1) is 12.0. The van der Waals surface area contributed by atoms with Crippen molar-refractivity contribution in [1.82, 2.24) is 4.90 Å². The van der Waals surface area contributed by atoms with E-state index in [2.05, 4.69) is 4.65 Å². The summed E-state index contributed by atoms with van der Waals surface area (Å²) in [5.74, 6) is 1.33. The molecule has 1 rings (SSSR count). The topological polar surface area (TPSA) is 66.8 Å². The van der Waals surface area contributed by atoms with Crippen molar-refractivity contribution in [2.24, 2.45) is 5.92 Å². The van der Waals surface area contributed by atoms with Gasteiger partial charge in [-0.3, -0.25) is 14.5 Å². The second-order valence-corrected chi connectivity index (χ2v) is 3.57.